The summed E-state index contributed by atoms with van der Waals surface area (Å²) in [6, 6.07) is 9.10. The van der Waals surface area contributed by atoms with Crippen LogP contribution >= 0.6 is 11.3 Å². The molecule has 0 saturated carbocycles. The van der Waals surface area contributed by atoms with E-state index in [0.717, 1.165) is 12.1 Å². The smallest absolute Gasteiger partial charge is 0.304 e. The van der Waals surface area contributed by atoms with E-state index in [1.807, 2.05) is 5.38 Å². The molecule has 1 aromatic heterocycles. The summed E-state index contributed by atoms with van der Waals surface area (Å²) in [5.41, 5.74) is 3.64. The van der Waals surface area contributed by atoms with Crippen LogP contribution < -0.4 is 10.2 Å². The minimum atomic E-state index is 0.00901. The van der Waals surface area contributed by atoms with Crippen molar-refractivity contribution in [2.45, 2.75) is 45.7 Å². The predicted molar refractivity (Wildman–Crippen MR) is 85.2 cm³/mol. The quantitative estimate of drug-likeness (QED) is 0.818. The van der Waals surface area contributed by atoms with Crippen molar-refractivity contribution in [3.8, 4) is 0 Å². The lowest BCUT2D eigenvalue weighted by atomic mass is 10.0. The molecule has 3 nitrogen and oxygen atoms in total. The van der Waals surface area contributed by atoms with Crippen LogP contribution in [0.25, 0.3) is 0 Å². The number of hydrogen-bond donors (Lipinski definition) is 2. The van der Waals surface area contributed by atoms with E-state index in [-0.39, 0.29) is 10.9 Å². The standard InChI is InChI=1S/C16H22N2OS/c1-3-4-5-13-6-8-14(9-7-13)12(2)17-10-15-11-20-16(19)18-15/h6-9,11-12,17H,3-5,10H2,1-2H3,(H,18,19). The summed E-state index contributed by atoms with van der Waals surface area (Å²) in [5.74, 6) is 0. The Morgan fingerprint density at radius 1 is 1.30 bits per heavy atom. The summed E-state index contributed by atoms with van der Waals surface area (Å²) in [6.07, 6.45) is 3.64. The van der Waals surface area contributed by atoms with Gasteiger partial charge in [-0.3, -0.25) is 4.79 Å². The van der Waals surface area contributed by atoms with Crippen LogP contribution in [0, 0.1) is 0 Å². The minimum absolute atomic E-state index is 0.00901. The number of rotatable bonds is 7. The first-order chi connectivity index (χ1) is 9.69. The van der Waals surface area contributed by atoms with Crippen molar-refractivity contribution < 1.29 is 0 Å². The van der Waals surface area contributed by atoms with Gasteiger partial charge < -0.3 is 10.3 Å². The molecule has 0 amide bonds. The number of hydrogen-bond acceptors (Lipinski definition) is 3. The van der Waals surface area contributed by atoms with Gasteiger partial charge in [0.25, 0.3) is 0 Å². The van der Waals surface area contributed by atoms with Crippen molar-refractivity contribution in [3.05, 3.63) is 56.1 Å². The molecule has 1 atom stereocenters. The molecule has 108 valence electrons. The highest BCUT2D eigenvalue weighted by molar-refractivity contribution is 7.07. The molecule has 0 saturated heterocycles. The summed E-state index contributed by atoms with van der Waals surface area (Å²) in [6.45, 7) is 5.05. The lowest BCUT2D eigenvalue weighted by Crippen LogP contribution is -2.18. The number of thiazole rings is 1. The maximum atomic E-state index is 11.1. The number of benzene rings is 1. The SMILES string of the molecule is CCCCc1ccc(C(C)NCc2csc(=O)[nH]2)cc1. The highest BCUT2D eigenvalue weighted by atomic mass is 32.1. The van der Waals surface area contributed by atoms with Crippen LogP contribution in [0.4, 0.5) is 0 Å². The number of aromatic amines is 1. The largest absolute Gasteiger partial charge is 0.315 e. The molecule has 1 unspecified atom stereocenters. The Labute approximate surface area is 124 Å². The molecule has 0 bridgehead atoms. The van der Waals surface area contributed by atoms with Crippen LogP contribution in [0.15, 0.2) is 34.4 Å². The molecule has 1 aromatic carbocycles. The molecule has 0 aliphatic carbocycles. The van der Waals surface area contributed by atoms with Crippen molar-refractivity contribution >= 4 is 11.3 Å². The van der Waals surface area contributed by atoms with Crippen LogP contribution in [0.1, 0.15) is 49.6 Å². The summed E-state index contributed by atoms with van der Waals surface area (Å²) < 4.78 is 0. The lowest BCUT2D eigenvalue weighted by Gasteiger charge is -2.14. The first-order valence-corrected chi connectivity index (χ1v) is 8.06. The maximum Gasteiger partial charge on any atom is 0.304 e. The van der Waals surface area contributed by atoms with Crippen molar-refractivity contribution in [3.63, 3.8) is 0 Å². The van der Waals surface area contributed by atoms with Gasteiger partial charge in [-0.15, -0.1) is 0 Å². The summed E-state index contributed by atoms with van der Waals surface area (Å²) in [7, 11) is 0. The van der Waals surface area contributed by atoms with E-state index in [2.05, 4.69) is 48.4 Å². The second-order valence-electron chi connectivity index (χ2n) is 5.12. The Balaban J connectivity index is 1.88. The van der Waals surface area contributed by atoms with Gasteiger partial charge in [0, 0.05) is 23.7 Å². The van der Waals surface area contributed by atoms with Gasteiger partial charge in [-0.05, 0) is 30.9 Å². The van der Waals surface area contributed by atoms with Crippen LogP contribution in [-0.4, -0.2) is 4.98 Å². The van der Waals surface area contributed by atoms with Crippen LogP contribution in [0.3, 0.4) is 0 Å². The fourth-order valence-corrected chi connectivity index (χ4v) is 2.72. The van der Waals surface area contributed by atoms with Gasteiger partial charge >= 0.3 is 4.87 Å². The summed E-state index contributed by atoms with van der Waals surface area (Å²) >= 11 is 1.21. The Morgan fingerprint density at radius 2 is 2.05 bits per heavy atom. The third-order valence-electron chi connectivity index (χ3n) is 3.47. The first-order valence-electron chi connectivity index (χ1n) is 7.18. The van der Waals surface area contributed by atoms with E-state index >= 15 is 0 Å². The zero-order valence-electron chi connectivity index (χ0n) is 12.1. The molecular weight excluding hydrogens is 268 g/mol. The second-order valence-corrected chi connectivity index (χ2v) is 5.96. The minimum Gasteiger partial charge on any atom is -0.315 e. The van der Waals surface area contributed by atoms with E-state index in [1.165, 1.54) is 35.3 Å². The number of H-pyrrole nitrogens is 1. The highest BCUT2D eigenvalue weighted by Crippen LogP contribution is 2.15. The van der Waals surface area contributed by atoms with Crippen molar-refractivity contribution in [2.75, 3.05) is 0 Å². The average Bonchev–Trinajstić information content (AvgIpc) is 2.89. The molecular formula is C16H22N2OS. The second kappa shape index (κ2) is 7.41. The van der Waals surface area contributed by atoms with Crippen LogP contribution in [0.5, 0.6) is 0 Å². The topological polar surface area (TPSA) is 44.9 Å². The van der Waals surface area contributed by atoms with Crippen molar-refractivity contribution in [2.24, 2.45) is 0 Å². The van der Waals surface area contributed by atoms with E-state index in [1.54, 1.807) is 0 Å². The Kier molecular flexibility index (Phi) is 5.56. The maximum absolute atomic E-state index is 11.1. The molecule has 2 N–H and O–H groups in total. The predicted octanol–water partition coefficient (Wildman–Crippen LogP) is 3.63. The molecule has 0 spiro atoms. The fraction of sp³-hybridized carbons (Fsp3) is 0.438. The number of aromatic nitrogens is 1. The average molecular weight is 290 g/mol. The monoisotopic (exact) mass is 290 g/mol. The van der Waals surface area contributed by atoms with Crippen molar-refractivity contribution in [1.82, 2.24) is 10.3 Å². The molecule has 2 aromatic rings. The molecule has 0 aliphatic rings. The van der Waals surface area contributed by atoms with Gasteiger partial charge in [0.1, 0.15) is 0 Å². The molecule has 0 fully saturated rings. The molecule has 0 radical (unpaired) electrons. The summed E-state index contributed by atoms with van der Waals surface area (Å²) in [5, 5.41) is 5.30. The molecule has 4 heteroatoms. The van der Waals surface area contributed by atoms with Gasteiger partial charge in [-0.25, -0.2) is 0 Å². The van der Waals surface area contributed by atoms with E-state index in [4.69, 9.17) is 0 Å². The van der Waals surface area contributed by atoms with Gasteiger partial charge in [-0.2, -0.15) is 0 Å². The third kappa shape index (κ3) is 4.32. The van der Waals surface area contributed by atoms with Gasteiger partial charge in [-0.1, -0.05) is 48.9 Å². The van der Waals surface area contributed by atoms with Gasteiger partial charge in [0.05, 0.1) is 0 Å². The number of unbranched alkanes of at least 4 members (excludes halogenated alkanes) is 1. The van der Waals surface area contributed by atoms with E-state index < -0.39 is 0 Å². The van der Waals surface area contributed by atoms with Crippen LogP contribution in [-0.2, 0) is 13.0 Å². The van der Waals surface area contributed by atoms with Crippen molar-refractivity contribution in [1.29, 1.82) is 0 Å². The first kappa shape index (κ1) is 15.0. The zero-order chi connectivity index (χ0) is 14.4. The Morgan fingerprint density at radius 3 is 2.65 bits per heavy atom. The normalized spacial score (nSPS) is 12.5. The van der Waals surface area contributed by atoms with E-state index in [0.29, 0.717) is 6.54 Å². The number of aryl methyl sites for hydroxylation is 1. The highest BCUT2D eigenvalue weighted by Gasteiger charge is 2.05. The van der Waals surface area contributed by atoms with Crippen LogP contribution in [0.2, 0.25) is 0 Å². The molecule has 20 heavy (non-hydrogen) atoms. The molecule has 2 rings (SSSR count). The zero-order valence-corrected chi connectivity index (χ0v) is 12.9. The lowest BCUT2D eigenvalue weighted by molar-refractivity contribution is 0.568. The Hall–Kier alpha value is -1.39. The summed E-state index contributed by atoms with van der Waals surface area (Å²) in [4.78, 5) is 13.9. The Bertz CT molecular complexity index is 571. The van der Waals surface area contributed by atoms with Gasteiger partial charge in [0.15, 0.2) is 0 Å². The molecule has 1 heterocycles. The third-order valence-corrected chi connectivity index (χ3v) is 4.19. The number of nitrogens with one attached hydrogen (secondary N) is 2. The molecule has 0 aliphatic heterocycles. The van der Waals surface area contributed by atoms with Gasteiger partial charge in [0.2, 0.25) is 0 Å². The fourth-order valence-electron chi connectivity index (χ4n) is 2.14. The van der Waals surface area contributed by atoms with E-state index in [9.17, 15) is 4.79 Å².